The highest BCUT2D eigenvalue weighted by molar-refractivity contribution is 5.98. The number of hydrogen-bond donors (Lipinski definition) is 1. The Balaban J connectivity index is 4.46. The zero-order valence-electron chi connectivity index (χ0n) is 10.8. The van der Waals surface area contributed by atoms with Gasteiger partial charge in [0.2, 0.25) is 0 Å². The molecule has 1 unspecified atom stereocenters. The molecule has 0 rings (SSSR count). The molecule has 98 valence electrons. The van der Waals surface area contributed by atoms with Crippen molar-refractivity contribution < 1.29 is 24.2 Å². The zero-order valence-corrected chi connectivity index (χ0v) is 10.8. The Kier molecular flexibility index (Phi) is 5.85. The molecule has 0 aliphatic carbocycles. The van der Waals surface area contributed by atoms with Gasteiger partial charge in [0, 0.05) is 12.8 Å². The van der Waals surface area contributed by atoms with Crippen molar-refractivity contribution in [3.8, 4) is 0 Å². The Morgan fingerprint density at radius 1 is 1.24 bits per heavy atom. The van der Waals surface area contributed by atoms with Crippen LogP contribution in [0, 0.1) is 11.3 Å². The van der Waals surface area contributed by atoms with Crippen molar-refractivity contribution >= 4 is 17.7 Å². The van der Waals surface area contributed by atoms with Gasteiger partial charge in [0.1, 0.15) is 5.78 Å². The lowest BCUT2D eigenvalue weighted by molar-refractivity contribution is -0.162. The Hall–Kier alpha value is -1.39. The van der Waals surface area contributed by atoms with Gasteiger partial charge in [-0.3, -0.25) is 14.4 Å². The van der Waals surface area contributed by atoms with Gasteiger partial charge < -0.3 is 9.84 Å². The van der Waals surface area contributed by atoms with Crippen molar-refractivity contribution in [3.63, 3.8) is 0 Å². The van der Waals surface area contributed by atoms with Crippen molar-refractivity contribution in [3.05, 3.63) is 0 Å². The normalized spacial score (nSPS) is 12.9. The van der Waals surface area contributed by atoms with E-state index in [0.29, 0.717) is 0 Å². The molecule has 0 saturated carbocycles. The van der Waals surface area contributed by atoms with E-state index in [0.717, 1.165) is 0 Å². The second-order valence-corrected chi connectivity index (χ2v) is 5.16. The lowest BCUT2D eigenvalue weighted by atomic mass is 9.98. The number of ether oxygens (including phenoxy) is 1. The number of ketones is 1. The second kappa shape index (κ2) is 6.37. The first kappa shape index (κ1) is 15.6. The smallest absolute Gasteiger partial charge is 0.320 e. The maximum Gasteiger partial charge on any atom is 0.320 e. The summed E-state index contributed by atoms with van der Waals surface area (Å²) in [6.07, 6.45) is -0.0782. The van der Waals surface area contributed by atoms with Crippen LogP contribution in [0.15, 0.2) is 0 Å². The standard InChI is InChI=1S/C12H20O5/c1-5-8(13)6-9(10(14)15)11(16)17-7-12(2,3)4/h9H,5-7H2,1-4H3,(H,14,15). The van der Waals surface area contributed by atoms with Gasteiger partial charge in [0.25, 0.3) is 0 Å². The molecular weight excluding hydrogens is 224 g/mol. The van der Waals surface area contributed by atoms with Gasteiger partial charge in [-0.15, -0.1) is 0 Å². The number of carboxylic acid groups (broad SMARTS) is 1. The van der Waals surface area contributed by atoms with Gasteiger partial charge in [-0.2, -0.15) is 0 Å². The van der Waals surface area contributed by atoms with E-state index in [1.54, 1.807) is 6.92 Å². The van der Waals surface area contributed by atoms with E-state index in [2.05, 4.69) is 0 Å². The van der Waals surface area contributed by atoms with Crippen LogP contribution in [0.5, 0.6) is 0 Å². The molecule has 0 aliphatic rings. The summed E-state index contributed by atoms with van der Waals surface area (Å²) in [6.45, 7) is 7.37. The SMILES string of the molecule is CCC(=O)CC(C(=O)O)C(=O)OCC(C)(C)C. The number of aliphatic carboxylic acids is 1. The Bertz CT molecular complexity index is 301. The molecule has 0 heterocycles. The lowest BCUT2D eigenvalue weighted by Gasteiger charge is -2.19. The molecule has 1 atom stereocenters. The van der Waals surface area contributed by atoms with Crippen LogP contribution in [0.4, 0.5) is 0 Å². The number of carboxylic acids is 1. The summed E-state index contributed by atoms with van der Waals surface area (Å²) in [5, 5.41) is 8.86. The van der Waals surface area contributed by atoms with Crippen molar-refractivity contribution in [1.29, 1.82) is 0 Å². The first-order chi connectivity index (χ1) is 7.67. The van der Waals surface area contributed by atoms with E-state index in [1.807, 2.05) is 20.8 Å². The highest BCUT2D eigenvalue weighted by Crippen LogP contribution is 2.16. The summed E-state index contributed by atoms with van der Waals surface area (Å²) in [4.78, 5) is 33.6. The number of esters is 1. The molecular formula is C12H20O5. The van der Waals surface area contributed by atoms with Gasteiger partial charge in [0.15, 0.2) is 5.92 Å². The average molecular weight is 244 g/mol. The molecule has 1 N–H and O–H groups in total. The highest BCUT2D eigenvalue weighted by atomic mass is 16.5. The maximum atomic E-state index is 11.5. The molecule has 17 heavy (non-hydrogen) atoms. The van der Waals surface area contributed by atoms with E-state index in [1.165, 1.54) is 0 Å². The van der Waals surface area contributed by atoms with Gasteiger partial charge in [-0.05, 0) is 5.41 Å². The number of Topliss-reactive ketones (excluding diaryl/α,β-unsaturated/α-hetero) is 1. The fourth-order valence-corrected chi connectivity index (χ4v) is 1.03. The fraction of sp³-hybridized carbons (Fsp3) is 0.750. The predicted molar refractivity (Wildman–Crippen MR) is 61.5 cm³/mol. The molecule has 0 saturated heterocycles. The van der Waals surface area contributed by atoms with Crippen molar-refractivity contribution in [2.75, 3.05) is 6.61 Å². The van der Waals surface area contributed by atoms with Crippen LogP contribution in [0.25, 0.3) is 0 Å². The van der Waals surface area contributed by atoms with Gasteiger partial charge in [0.05, 0.1) is 6.61 Å². The molecule has 0 fully saturated rings. The maximum absolute atomic E-state index is 11.5. The van der Waals surface area contributed by atoms with E-state index >= 15 is 0 Å². The first-order valence-electron chi connectivity index (χ1n) is 5.58. The van der Waals surface area contributed by atoms with E-state index in [9.17, 15) is 14.4 Å². The molecule has 0 aromatic carbocycles. The molecule has 0 spiro atoms. The van der Waals surface area contributed by atoms with Crippen molar-refractivity contribution in [2.24, 2.45) is 11.3 Å². The van der Waals surface area contributed by atoms with Crippen molar-refractivity contribution in [2.45, 2.75) is 40.5 Å². The number of rotatable bonds is 6. The summed E-state index contributed by atoms with van der Waals surface area (Å²) in [7, 11) is 0. The molecule has 0 radical (unpaired) electrons. The van der Waals surface area contributed by atoms with Crippen LogP contribution < -0.4 is 0 Å². The van der Waals surface area contributed by atoms with E-state index in [-0.39, 0.29) is 30.6 Å². The lowest BCUT2D eigenvalue weighted by Crippen LogP contribution is -2.30. The number of carbonyl (C=O) groups is 3. The van der Waals surface area contributed by atoms with Crippen LogP contribution >= 0.6 is 0 Å². The third-order valence-corrected chi connectivity index (χ3v) is 2.06. The minimum absolute atomic E-state index is 0.135. The van der Waals surface area contributed by atoms with Crippen LogP contribution in [-0.2, 0) is 19.1 Å². The van der Waals surface area contributed by atoms with Crippen molar-refractivity contribution in [1.82, 2.24) is 0 Å². The van der Waals surface area contributed by atoms with Crippen LogP contribution in [0.3, 0.4) is 0 Å². The summed E-state index contributed by atoms with van der Waals surface area (Å²) in [5.41, 5.74) is -0.229. The van der Waals surface area contributed by atoms with Gasteiger partial charge >= 0.3 is 11.9 Å². The summed E-state index contributed by atoms with van der Waals surface area (Å²) in [5.74, 6) is -3.80. The van der Waals surface area contributed by atoms with Crippen LogP contribution in [0.1, 0.15) is 40.5 Å². The topological polar surface area (TPSA) is 80.7 Å². The molecule has 5 nitrogen and oxygen atoms in total. The third-order valence-electron chi connectivity index (χ3n) is 2.06. The Morgan fingerprint density at radius 2 is 1.76 bits per heavy atom. The Labute approximate surface area is 101 Å². The van der Waals surface area contributed by atoms with Gasteiger partial charge in [-0.1, -0.05) is 27.7 Å². The fourth-order valence-electron chi connectivity index (χ4n) is 1.03. The Morgan fingerprint density at radius 3 is 2.12 bits per heavy atom. The quantitative estimate of drug-likeness (QED) is 0.567. The minimum Gasteiger partial charge on any atom is -0.481 e. The van der Waals surface area contributed by atoms with Crippen LogP contribution in [0.2, 0.25) is 0 Å². The zero-order chi connectivity index (χ0) is 13.6. The largest absolute Gasteiger partial charge is 0.481 e. The summed E-state index contributed by atoms with van der Waals surface area (Å²) in [6, 6.07) is 0. The van der Waals surface area contributed by atoms with Gasteiger partial charge in [-0.25, -0.2) is 0 Å². The first-order valence-corrected chi connectivity index (χ1v) is 5.58. The number of carbonyl (C=O) groups excluding carboxylic acids is 2. The second-order valence-electron chi connectivity index (χ2n) is 5.16. The molecule has 0 amide bonds. The summed E-state index contributed by atoms with van der Waals surface area (Å²) < 4.78 is 4.90. The molecule has 0 aromatic rings. The van der Waals surface area contributed by atoms with Crippen LogP contribution in [-0.4, -0.2) is 29.4 Å². The van der Waals surface area contributed by atoms with E-state index in [4.69, 9.17) is 9.84 Å². The number of hydrogen-bond acceptors (Lipinski definition) is 4. The molecule has 0 aromatic heterocycles. The predicted octanol–water partition coefficient (Wildman–Crippen LogP) is 1.65. The highest BCUT2D eigenvalue weighted by Gasteiger charge is 2.30. The third kappa shape index (κ3) is 6.71. The summed E-state index contributed by atoms with van der Waals surface area (Å²) >= 11 is 0. The van der Waals surface area contributed by atoms with E-state index < -0.39 is 17.9 Å². The molecule has 0 bridgehead atoms. The molecule has 5 heteroatoms. The minimum atomic E-state index is -1.38. The molecule has 0 aliphatic heterocycles. The monoisotopic (exact) mass is 244 g/mol. The average Bonchev–Trinajstić information content (AvgIpc) is 2.20.